The summed E-state index contributed by atoms with van der Waals surface area (Å²) >= 11 is 0. The molecule has 28 heavy (non-hydrogen) atoms. The number of halogens is 2. The van der Waals surface area contributed by atoms with Crippen LogP contribution in [0.15, 0.2) is 42.5 Å². The van der Waals surface area contributed by atoms with Crippen molar-refractivity contribution in [1.29, 1.82) is 0 Å². The first kappa shape index (κ1) is 24.2. The van der Waals surface area contributed by atoms with Crippen molar-refractivity contribution in [3.8, 4) is 0 Å². The molecule has 2 unspecified atom stereocenters. The smallest absolute Gasteiger partial charge is 0.256 e. The van der Waals surface area contributed by atoms with E-state index in [4.69, 9.17) is 10.5 Å². The summed E-state index contributed by atoms with van der Waals surface area (Å²) in [6.07, 6.45) is 0.436. The third kappa shape index (κ3) is 6.11. The Kier molecular flexibility index (Phi) is 9.24. The van der Waals surface area contributed by atoms with E-state index in [9.17, 15) is 4.79 Å². The minimum atomic E-state index is -0.133. The number of hydrogen-bond donors (Lipinski definition) is 2. The predicted octanol–water partition coefficient (Wildman–Crippen LogP) is 4.28. The van der Waals surface area contributed by atoms with Gasteiger partial charge in [-0.25, -0.2) is 0 Å². The molecule has 0 radical (unpaired) electrons. The van der Waals surface area contributed by atoms with Crippen molar-refractivity contribution in [3.63, 3.8) is 0 Å². The van der Waals surface area contributed by atoms with Crippen LogP contribution in [0.4, 0.5) is 11.4 Å². The Bertz CT molecular complexity index is 791. The molecule has 0 saturated carbocycles. The van der Waals surface area contributed by atoms with Gasteiger partial charge in [-0.05, 0) is 50.1 Å². The summed E-state index contributed by atoms with van der Waals surface area (Å²) in [5.41, 5.74) is 9.88. The molecule has 1 amide bonds. The number of carbonyl (C=O) groups excluding carboxylic acids is 1. The first-order valence-electron chi connectivity index (χ1n) is 9.05. The number of anilines is 2. The second-order valence-corrected chi connectivity index (χ2v) is 7.14. The molecule has 5 nitrogen and oxygen atoms in total. The summed E-state index contributed by atoms with van der Waals surface area (Å²) in [4.78, 5) is 15.1. The molecule has 2 aromatic rings. The minimum absolute atomic E-state index is 0. The van der Waals surface area contributed by atoms with Gasteiger partial charge in [-0.15, -0.1) is 24.8 Å². The number of nitrogens with one attached hydrogen (secondary N) is 1. The Hall–Kier alpha value is -1.79. The summed E-state index contributed by atoms with van der Waals surface area (Å²) in [6, 6.07) is 13.3. The Balaban J connectivity index is 0.00000196. The van der Waals surface area contributed by atoms with Crippen molar-refractivity contribution in [2.45, 2.75) is 39.5 Å². The third-order valence-corrected chi connectivity index (χ3v) is 4.66. The second kappa shape index (κ2) is 10.7. The lowest BCUT2D eigenvalue weighted by atomic mass is 10.1. The van der Waals surface area contributed by atoms with Gasteiger partial charge in [0.05, 0.1) is 12.2 Å². The van der Waals surface area contributed by atoms with Gasteiger partial charge in [-0.2, -0.15) is 0 Å². The number of ether oxygens (including phenoxy) is 1. The summed E-state index contributed by atoms with van der Waals surface area (Å²) < 4.78 is 5.81. The van der Waals surface area contributed by atoms with E-state index >= 15 is 0 Å². The fourth-order valence-electron chi connectivity index (χ4n) is 3.51. The molecule has 0 aromatic heterocycles. The van der Waals surface area contributed by atoms with E-state index in [1.54, 1.807) is 12.1 Å². The molecule has 1 aliphatic rings. The topological polar surface area (TPSA) is 67.6 Å². The molecule has 0 spiro atoms. The number of carbonyl (C=O) groups is 1. The van der Waals surface area contributed by atoms with E-state index in [-0.39, 0.29) is 42.9 Å². The molecular weight excluding hydrogens is 397 g/mol. The SMILES string of the molecule is Cc1ccc(N)cc1C(=O)Nc1ccccc1CN1CC(C)OC(C)C1.Cl.Cl. The van der Waals surface area contributed by atoms with E-state index in [0.29, 0.717) is 11.3 Å². The third-order valence-electron chi connectivity index (χ3n) is 4.66. The van der Waals surface area contributed by atoms with E-state index in [1.165, 1.54) is 0 Å². The van der Waals surface area contributed by atoms with Crippen LogP contribution in [0.25, 0.3) is 0 Å². The maximum atomic E-state index is 12.7. The van der Waals surface area contributed by atoms with E-state index in [0.717, 1.165) is 36.4 Å². The van der Waals surface area contributed by atoms with Gasteiger partial charge in [0.15, 0.2) is 0 Å². The summed E-state index contributed by atoms with van der Waals surface area (Å²) in [5, 5.41) is 3.05. The molecule has 154 valence electrons. The number of amides is 1. The first-order valence-corrected chi connectivity index (χ1v) is 9.05. The lowest BCUT2D eigenvalue weighted by Gasteiger charge is -2.35. The lowest BCUT2D eigenvalue weighted by Crippen LogP contribution is -2.44. The van der Waals surface area contributed by atoms with Crippen molar-refractivity contribution in [2.75, 3.05) is 24.1 Å². The molecule has 1 aliphatic heterocycles. The molecule has 0 bridgehead atoms. The van der Waals surface area contributed by atoms with Crippen LogP contribution in [0.3, 0.4) is 0 Å². The zero-order valence-electron chi connectivity index (χ0n) is 16.5. The standard InChI is InChI=1S/C21H27N3O2.2ClH/c1-14-8-9-18(22)10-19(14)21(25)23-20-7-5-4-6-17(20)13-24-11-15(2)26-16(3)12-24;;/h4-10,15-16H,11-13,22H2,1-3H3,(H,23,25);2*1H. The van der Waals surface area contributed by atoms with Gasteiger partial charge < -0.3 is 15.8 Å². The molecule has 1 saturated heterocycles. The van der Waals surface area contributed by atoms with Crippen LogP contribution in [0.1, 0.15) is 35.3 Å². The van der Waals surface area contributed by atoms with Crippen LogP contribution in [-0.4, -0.2) is 36.1 Å². The maximum Gasteiger partial charge on any atom is 0.256 e. The summed E-state index contributed by atoms with van der Waals surface area (Å²) in [5.74, 6) is -0.133. The summed E-state index contributed by atoms with van der Waals surface area (Å²) in [6.45, 7) is 8.67. The van der Waals surface area contributed by atoms with E-state index in [2.05, 4.69) is 30.1 Å². The van der Waals surface area contributed by atoms with Gasteiger partial charge in [0.1, 0.15) is 0 Å². The highest BCUT2D eigenvalue weighted by Crippen LogP contribution is 2.22. The number of rotatable bonds is 4. The first-order chi connectivity index (χ1) is 12.4. The van der Waals surface area contributed by atoms with Crippen molar-refractivity contribution < 1.29 is 9.53 Å². The molecule has 1 heterocycles. The Morgan fingerprint density at radius 2 is 1.79 bits per heavy atom. The molecule has 2 atom stereocenters. The van der Waals surface area contributed by atoms with Gasteiger partial charge in [-0.1, -0.05) is 24.3 Å². The average Bonchev–Trinajstić information content (AvgIpc) is 2.58. The van der Waals surface area contributed by atoms with Crippen molar-refractivity contribution in [2.24, 2.45) is 0 Å². The highest BCUT2D eigenvalue weighted by Gasteiger charge is 2.23. The number of benzene rings is 2. The molecular formula is C21H29Cl2N3O2. The second-order valence-electron chi connectivity index (χ2n) is 7.14. The minimum Gasteiger partial charge on any atom is -0.399 e. The molecule has 1 fully saturated rings. The molecule has 7 heteroatoms. The highest BCUT2D eigenvalue weighted by molar-refractivity contribution is 6.06. The van der Waals surface area contributed by atoms with Crippen molar-refractivity contribution in [3.05, 3.63) is 59.2 Å². The van der Waals surface area contributed by atoms with Crippen molar-refractivity contribution in [1.82, 2.24) is 4.90 Å². The normalized spacial score (nSPS) is 19.2. The predicted molar refractivity (Wildman–Crippen MR) is 120 cm³/mol. The van der Waals surface area contributed by atoms with Crippen LogP contribution in [0.2, 0.25) is 0 Å². The van der Waals surface area contributed by atoms with E-state index in [1.807, 2.05) is 31.2 Å². The number of para-hydroxylation sites is 1. The number of nitrogen functional groups attached to an aromatic ring is 1. The quantitative estimate of drug-likeness (QED) is 0.717. The molecule has 2 aromatic carbocycles. The van der Waals surface area contributed by atoms with Crippen LogP contribution < -0.4 is 11.1 Å². The molecule has 3 rings (SSSR count). The fourth-order valence-corrected chi connectivity index (χ4v) is 3.51. The Morgan fingerprint density at radius 3 is 2.46 bits per heavy atom. The Morgan fingerprint density at radius 1 is 1.14 bits per heavy atom. The number of nitrogens with two attached hydrogens (primary N) is 1. The summed E-state index contributed by atoms with van der Waals surface area (Å²) in [7, 11) is 0. The van der Waals surface area contributed by atoms with Gasteiger partial charge in [0, 0.05) is 36.6 Å². The van der Waals surface area contributed by atoms with Crippen LogP contribution in [-0.2, 0) is 11.3 Å². The van der Waals surface area contributed by atoms with Crippen LogP contribution in [0, 0.1) is 6.92 Å². The fraction of sp³-hybridized carbons (Fsp3) is 0.381. The molecule has 3 N–H and O–H groups in total. The number of nitrogens with zero attached hydrogens (tertiary/aromatic N) is 1. The highest BCUT2D eigenvalue weighted by atomic mass is 35.5. The van der Waals surface area contributed by atoms with Crippen molar-refractivity contribution >= 4 is 42.1 Å². The number of aryl methyl sites for hydroxylation is 1. The largest absolute Gasteiger partial charge is 0.399 e. The van der Waals surface area contributed by atoms with Crippen LogP contribution in [0.5, 0.6) is 0 Å². The van der Waals surface area contributed by atoms with Gasteiger partial charge in [0.2, 0.25) is 0 Å². The molecule has 0 aliphatic carbocycles. The zero-order chi connectivity index (χ0) is 18.7. The maximum absolute atomic E-state index is 12.7. The van der Waals surface area contributed by atoms with Gasteiger partial charge in [-0.3, -0.25) is 9.69 Å². The number of morpholine rings is 1. The zero-order valence-corrected chi connectivity index (χ0v) is 18.1. The van der Waals surface area contributed by atoms with E-state index < -0.39 is 0 Å². The monoisotopic (exact) mass is 425 g/mol. The average molecular weight is 426 g/mol. The van der Waals surface area contributed by atoms with Gasteiger partial charge in [0.25, 0.3) is 5.91 Å². The van der Waals surface area contributed by atoms with Crippen LogP contribution >= 0.6 is 24.8 Å². The lowest BCUT2D eigenvalue weighted by molar-refractivity contribution is -0.0704. The number of hydrogen-bond acceptors (Lipinski definition) is 4. The van der Waals surface area contributed by atoms with Gasteiger partial charge >= 0.3 is 0 Å². The Labute approximate surface area is 179 Å².